The first-order chi connectivity index (χ1) is 13.6. The maximum atomic E-state index is 12.8. The molecule has 0 aliphatic carbocycles. The zero-order valence-electron chi connectivity index (χ0n) is 15.7. The highest BCUT2D eigenvalue weighted by molar-refractivity contribution is 6.03. The average Bonchev–Trinajstić information content (AvgIpc) is 2.75. The van der Waals surface area contributed by atoms with Gasteiger partial charge in [-0.05, 0) is 32.4 Å². The second kappa shape index (κ2) is 6.93. The van der Waals surface area contributed by atoms with Crippen molar-refractivity contribution in [2.45, 2.75) is 27.2 Å². The number of fused-ring (bicyclic) bond motifs is 2. The Morgan fingerprint density at radius 2 is 1.76 bits per heavy atom. The highest BCUT2D eigenvalue weighted by Crippen LogP contribution is 2.50. The number of rotatable bonds is 4. The molecule has 0 bridgehead atoms. The maximum Gasteiger partial charge on any atom is 0.347 e. The van der Waals surface area contributed by atoms with Gasteiger partial charge in [-0.25, -0.2) is 9.59 Å². The molecule has 29 heavy (non-hydrogen) atoms. The predicted octanol–water partition coefficient (Wildman–Crippen LogP) is 2.68. The summed E-state index contributed by atoms with van der Waals surface area (Å²) < 4.78 is 11.1. The van der Waals surface area contributed by atoms with Crippen LogP contribution < -0.4 is 9.47 Å². The van der Waals surface area contributed by atoms with Crippen LogP contribution in [0, 0.1) is 13.8 Å². The van der Waals surface area contributed by atoms with Gasteiger partial charge in [0.1, 0.15) is 28.4 Å². The Kier molecular flexibility index (Phi) is 4.75. The molecule has 0 atom stereocenters. The molecule has 3 N–H and O–H groups in total. The SMILES string of the molecule is CC(=O)Cc1c(O)c(C(=O)O)c(C)c2c1OC(=O)c1c(C)cc(O)c(C=O)c1O2. The van der Waals surface area contributed by atoms with Crippen molar-refractivity contribution >= 4 is 24.0 Å². The van der Waals surface area contributed by atoms with E-state index in [0.717, 1.165) is 0 Å². The summed E-state index contributed by atoms with van der Waals surface area (Å²) in [6.07, 6.45) is -0.136. The van der Waals surface area contributed by atoms with Crippen LogP contribution in [0.1, 0.15) is 54.7 Å². The summed E-state index contributed by atoms with van der Waals surface area (Å²) in [5.41, 5.74) is -1.08. The van der Waals surface area contributed by atoms with E-state index in [1.165, 1.54) is 26.8 Å². The minimum absolute atomic E-state index is 0.0872. The smallest absolute Gasteiger partial charge is 0.347 e. The fourth-order valence-electron chi connectivity index (χ4n) is 3.27. The van der Waals surface area contributed by atoms with Gasteiger partial charge >= 0.3 is 11.9 Å². The van der Waals surface area contributed by atoms with Gasteiger partial charge in [-0.15, -0.1) is 0 Å². The van der Waals surface area contributed by atoms with Crippen LogP contribution in [-0.4, -0.2) is 39.3 Å². The number of phenolic OH excluding ortho intramolecular Hbond substituents is 1. The summed E-state index contributed by atoms with van der Waals surface area (Å²) in [5, 5.41) is 30.0. The number of aryl methyl sites for hydroxylation is 1. The van der Waals surface area contributed by atoms with Gasteiger partial charge in [-0.3, -0.25) is 9.59 Å². The predicted molar refractivity (Wildman–Crippen MR) is 97.5 cm³/mol. The van der Waals surface area contributed by atoms with E-state index in [-0.39, 0.29) is 51.4 Å². The molecule has 1 aliphatic heterocycles. The second-order valence-corrected chi connectivity index (χ2v) is 6.61. The van der Waals surface area contributed by atoms with Gasteiger partial charge in [0.25, 0.3) is 0 Å². The van der Waals surface area contributed by atoms with Gasteiger partial charge in [-0.2, -0.15) is 0 Å². The van der Waals surface area contributed by atoms with Crippen molar-refractivity contribution in [3.05, 3.63) is 39.4 Å². The summed E-state index contributed by atoms with van der Waals surface area (Å²) in [6.45, 7) is 4.01. The lowest BCUT2D eigenvalue weighted by molar-refractivity contribution is -0.116. The standard InChI is InChI=1S/C20H16O9/c1-7-4-12(23)11(6-21)17-13(7)20(27)29-18-10(5-8(2)22)15(24)14(19(25)26)9(3)16(18)28-17/h4,6,23-24H,5H2,1-3H3,(H,25,26). The van der Waals surface area contributed by atoms with E-state index >= 15 is 0 Å². The molecular formula is C20H16O9. The summed E-state index contributed by atoms with van der Waals surface area (Å²) in [6, 6.07) is 1.19. The average molecular weight is 400 g/mol. The van der Waals surface area contributed by atoms with Crippen LogP contribution in [-0.2, 0) is 11.2 Å². The van der Waals surface area contributed by atoms with Crippen molar-refractivity contribution in [3.8, 4) is 28.7 Å². The largest absolute Gasteiger partial charge is 0.507 e. The number of ketones is 1. The van der Waals surface area contributed by atoms with E-state index in [1.54, 1.807) is 0 Å². The third kappa shape index (κ3) is 3.06. The monoisotopic (exact) mass is 400 g/mol. The van der Waals surface area contributed by atoms with Gasteiger partial charge in [0.05, 0.1) is 5.56 Å². The van der Waals surface area contributed by atoms with E-state index in [0.29, 0.717) is 0 Å². The Hall–Kier alpha value is -3.88. The number of aromatic carboxylic acids is 1. The lowest BCUT2D eigenvalue weighted by Gasteiger charge is -2.18. The highest BCUT2D eigenvalue weighted by Gasteiger charge is 2.35. The number of ether oxygens (including phenoxy) is 2. The number of carboxylic acid groups (broad SMARTS) is 1. The molecule has 0 amide bonds. The lowest BCUT2D eigenvalue weighted by Crippen LogP contribution is -2.13. The van der Waals surface area contributed by atoms with Gasteiger partial charge in [0.15, 0.2) is 23.5 Å². The summed E-state index contributed by atoms with van der Waals surface area (Å²) in [5.74, 6) is -4.91. The number of aromatic hydroxyl groups is 2. The first kappa shape index (κ1) is 19.9. The number of carbonyl (C=O) groups is 4. The quantitative estimate of drug-likeness (QED) is 0.400. The van der Waals surface area contributed by atoms with Crippen LogP contribution in [0.15, 0.2) is 6.07 Å². The molecule has 0 saturated carbocycles. The van der Waals surface area contributed by atoms with E-state index in [9.17, 15) is 34.5 Å². The van der Waals surface area contributed by atoms with Crippen molar-refractivity contribution in [2.75, 3.05) is 0 Å². The van der Waals surface area contributed by atoms with Crippen molar-refractivity contribution in [1.29, 1.82) is 0 Å². The van der Waals surface area contributed by atoms with Gasteiger partial charge in [0.2, 0.25) is 0 Å². The molecule has 2 aromatic rings. The molecule has 0 fully saturated rings. The van der Waals surface area contributed by atoms with Crippen LogP contribution in [0.4, 0.5) is 0 Å². The van der Waals surface area contributed by atoms with Crippen LogP contribution in [0.3, 0.4) is 0 Å². The Bertz CT molecular complexity index is 1110. The Morgan fingerprint density at radius 3 is 2.31 bits per heavy atom. The molecule has 2 aromatic carbocycles. The van der Waals surface area contributed by atoms with E-state index in [4.69, 9.17) is 9.47 Å². The van der Waals surface area contributed by atoms with Crippen LogP contribution in [0.2, 0.25) is 0 Å². The van der Waals surface area contributed by atoms with E-state index in [2.05, 4.69) is 0 Å². The Morgan fingerprint density at radius 1 is 1.10 bits per heavy atom. The number of phenols is 2. The molecule has 0 saturated heterocycles. The number of esters is 1. The van der Waals surface area contributed by atoms with Gasteiger partial charge < -0.3 is 24.8 Å². The third-order valence-corrected chi connectivity index (χ3v) is 4.57. The molecule has 1 aliphatic rings. The number of carboxylic acids is 1. The van der Waals surface area contributed by atoms with Gasteiger partial charge in [0, 0.05) is 17.5 Å². The van der Waals surface area contributed by atoms with Crippen molar-refractivity contribution < 1.29 is 44.0 Å². The minimum atomic E-state index is -1.49. The van der Waals surface area contributed by atoms with Crippen molar-refractivity contribution in [2.24, 2.45) is 0 Å². The second-order valence-electron chi connectivity index (χ2n) is 6.61. The molecule has 1 heterocycles. The van der Waals surface area contributed by atoms with Crippen LogP contribution in [0.25, 0.3) is 0 Å². The molecule has 0 radical (unpaired) electrons. The molecule has 9 heteroatoms. The highest BCUT2D eigenvalue weighted by atomic mass is 16.6. The molecule has 3 rings (SSSR count). The van der Waals surface area contributed by atoms with E-state index < -0.39 is 41.2 Å². The zero-order chi connectivity index (χ0) is 21.6. The Balaban J connectivity index is 2.43. The van der Waals surface area contributed by atoms with Crippen molar-refractivity contribution in [3.63, 3.8) is 0 Å². The fraction of sp³-hybridized carbons (Fsp3) is 0.200. The molecule has 0 aromatic heterocycles. The number of aldehydes is 1. The first-order valence-electron chi connectivity index (χ1n) is 8.41. The fourth-order valence-corrected chi connectivity index (χ4v) is 3.27. The summed E-state index contributed by atoms with van der Waals surface area (Å²) in [4.78, 5) is 47.6. The maximum absolute atomic E-state index is 12.8. The number of hydrogen-bond acceptors (Lipinski definition) is 8. The molecule has 0 unspecified atom stereocenters. The third-order valence-electron chi connectivity index (χ3n) is 4.57. The molecular weight excluding hydrogens is 384 g/mol. The van der Waals surface area contributed by atoms with Crippen LogP contribution >= 0.6 is 0 Å². The number of hydrogen-bond donors (Lipinski definition) is 3. The number of benzene rings is 2. The lowest BCUT2D eigenvalue weighted by atomic mass is 9.97. The summed E-state index contributed by atoms with van der Waals surface area (Å²) >= 11 is 0. The normalized spacial score (nSPS) is 12.2. The molecule has 9 nitrogen and oxygen atoms in total. The number of carbonyl (C=O) groups excluding carboxylic acids is 3. The molecule has 0 spiro atoms. The molecule has 150 valence electrons. The topological polar surface area (TPSA) is 147 Å². The Labute approximate surface area is 164 Å². The van der Waals surface area contributed by atoms with Crippen LogP contribution in [0.5, 0.6) is 28.7 Å². The zero-order valence-corrected chi connectivity index (χ0v) is 15.7. The minimum Gasteiger partial charge on any atom is -0.507 e. The summed E-state index contributed by atoms with van der Waals surface area (Å²) in [7, 11) is 0. The number of Topliss-reactive ketones (excluding diaryl/α,β-unsaturated/α-hetero) is 1. The van der Waals surface area contributed by atoms with Crippen molar-refractivity contribution in [1.82, 2.24) is 0 Å². The first-order valence-corrected chi connectivity index (χ1v) is 8.41. The van der Waals surface area contributed by atoms with E-state index in [1.807, 2.05) is 0 Å². The van der Waals surface area contributed by atoms with Gasteiger partial charge in [-0.1, -0.05) is 0 Å².